The average Bonchev–Trinajstić information content (AvgIpc) is 2.15. The van der Waals surface area contributed by atoms with E-state index in [-0.39, 0.29) is 5.69 Å². The molecule has 0 heterocycles. The molecular weight excluding hydrogens is 218 g/mol. The first-order chi connectivity index (χ1) is 7.00. The van der Waals surface area contributed by atoms with Gasteiger partial charge in [0.05, 0.1) is 16.0 Å². The van der Waals surface area contributed by atoms with Gasteiger partial charge in [0.2, 0.25) is 0 Å². The van der Waals surface area contributed by atoms with Crippen molar-refractivity contribution in [2.24, 2.45) is 0 Å². The maximum Gasteiger partial charge on any atom is 0.270 e. The number of aliphatic hydroxyl groups is 1. The van der Waals surface area contributed by atoms with Crippen molar-refractivity contribution in [3.8, 4) is 0 Å². The van der Waals surface area contributed by atoms with E-state index in [0.717, 1.165) is 5.56 Å². The van der Waals surface area contributed by atoms with Crippen molar-refractivity contribution < 1.29 is 10.0 Å². The highest BCUT2D eigenvalue weighted by Crippen LogP contribution is 2.23. The first kappa shape index (κ1) is 11.9. The predicted molar refractivity (Wildman–Crippen MR) is 58.1 cm³/mol. The highest BCUT2D eigenvalue weighted by Gasteiger charge is 2.09. The van der Waals surface area contributed by atoms with E-state index < -0.39 is 11.0 Å². The summed E-state index contributed by atoms with van der Waals surface area (Å²) in [6.07, 6.45) is 0.822. The van der Waals surface area contributed by atoms with Crippen molar-refractivity contribution in [2.75, 3.05) is 0 Å². The molecule has 0 bridgehead atoms. The number of nitrogens with zero attached hydrogens (tertiary/aromatic N) is 1. The Bertz CT molecular complexity index is 366. The quantitative estimate of drug-likeness (QED) is 0.638. The minimum absolute atomic E-state index is 0.0132. The third kappa shape index (κ3) is 3.49. The van der Waals surface area contributed by atoms with Crippen LogP contribution in [0.4, 0.5) is 5.69 Å². The molecule has 1 atom stereocenters. The molecule has 1 unspecified atom stereocenters. The standard InChI is InChI=1S/C10H12ClNO3/c1-7(13)2-3-8-4-5-9(12(14)15)6-10(8)11/h4-7,13H,2-3H2,1H3. The number of hydrogen-bond donors (Lipinski definition) is 1. The van der Waals surface area contributed by atoms with Crippen LogP contribution in [0, 0.1) is 10.1 Å². The fourth-order valence-electron chi connectivity index (χ4n) is 1.22. The molecule has 0 aliphatic heterocycles. The van der Waals surface area contributed by atoms with Crippen LogP contribution in [-0.2, 0) is 6.42 Å². The fourth-order valence-corrected chi connectivity index (χ4v) is 1.49. The van der Waals surface area contributed by atoms with E-state index >= 15 is 0 Å². The van der Waals surface area contributed by atoms with Gasteiger partial charge in [-0.15, -0.1) is 0 Å². The molecular formula is C10H12ClNO3. The summed E-state index contributed by atoms with van der Waals surface area (Å²) < 4.78 is 0. The number of halogens is 1. The second kappa shape index (κ2) is 5.09. The van der Waals surface area contributed by atoms with Gasteiger partial charge < -0.3 is 5.11 Å². The third-order valence-electron chi connectivity index (χ3n) is 2.08. The van der Waals surface area contributed by atoms with Gasteiger partial charge in [0.15, 0.2) is 0 Å². The highest BCUT2D eigenvalue weighted by molar-refractivity contribution is 6.31. The van der Waals surface area contributed by atoms with Gasteiger partial charge in [0, 0.05) is 12.1 Å². The number of nitro benzene ring substituents is 1. The second-order valence-corrected chi connectivity index (χ2v) is 3.83. The first-order valence-corrected chi connectivity index (χ1v) is 4.99. The number of aryl methyl sites for hydroxylation is 1. The normalized spacial score (nSPS) is 12.5. The number of benzene rings is 1. The molecule has 0 aromatic heterocycles. The average molecular weight is 230 g/mol. The van der Waals surface area contributed by atoms with Crippen LogP contribution < -0.4 is 0 Å². The van der Waals surface area contributed by atoms with Crippen molar-refractivity contribution in [2.45, 2.75) is 25.9 Å². The van der Waals surface area contributed by atoms with Crippen molar-refractivity contribution in [3.05, 3.63) is 38.9 Å². The Labute approximate surface area is 92.6 Å². The van der Waals surface area contributed by atoms with E-state index in [9.17, 15) is 10.1 Å². The Morgan fingerprint density at radius 3 is 2.73 bits per heavy atom. The molecule has 1 aromatic rings. The molecule has 5 heteroatoms. The largest absolute Gasteiger partial charge is 0.393 e. The maximum absolute atomic E-state index is 10.4. The van der Waals surface area contributed by atoms with E-state index in [4.69, 9.17) is 16.7 Å². The molecule has 0 fully saturated rings. The van der Waals surface area contributed by atoms with Gasteiger partial charge in [-0.2, -0.15) is 0 Å². The zero-order valence-corrected chi connectivity index (χ0v) is 9.07. The summed E-state index contributed by atoms with van der Waals surface area (Å²) in [5.41, 5.74) is 0.809. The van der Waals surface area contributed by atoms with Crippen LogP contribution in [0.5, 0.6) is 0 Å². The summed E-state index contributed by atoms with van der Waals surface area (Å²) in [6, 6.07) is 4.38. The lowest BCUT2D eigenvalue weighted by Gasteiger charge is -2.05. The van der Waals surface area contributed by atoms with Gasteiger partial charge in [-0.1, -0.05) is 17.7 Å². The van der Waals surface area contributed by atoms with Crippen molar-refractivity contribution >= 4 is 17.3 Å². The second-order valence-electron chi connectivity index (χ2n) is 3.42. The monoisotopic (exact) mass is 229 g/mol. The predicted octanol–water partition coefficient (Wildman–Crippen LogP) is 2.56. The summed E-state index contributed by atoms with van der Waals surface area (Å²) in [4.78, 5) is 9.96. The van der Waals surface area contributed by atoms with E-state index in [0.29, 0.717) is 17.9 Å². The fraction of sp³-hybridized carbons (Fsp3) is 0.400. The third-order valence-corrected chi connectivity index (χ3v) is 2.43. The molecule has 0 aliphatic carbocycles. The van der Waals surface area contributed by atoms with Crippen LogP contribution in [0.1, 0.15) is 18.9 Å². The molecule has 0 radical (unpaired) electrons. The van der Waals surface area contributed by atoms with E-state index in [1.807, 2.05) is 0 Å². The highest BCUT2D eigenvalue weighted by atomic mass is 35.5. The lowest BCUT2D eigenvalue weighted by atomic mass is 10.1. The molecule has 0 spiro atoms. The van der Waals surface area contributed by atoms with Crippen LogP contribution in [0.2, 0.25) is 5.02 Å². The number of non-ortho nitro benzene ring substituents is 1. The first-order valence-electron chi connectivity index (χ1n) is 4.61. The zero-order valence-electron chi connectivity index (χ0n) is 8.31. The zero-order chi connectivity index (χ0) is 11.4. The van der Waals surface area contributed by atoms with Crippen LogP contribution >= 0.6 is 11.6 Å². The molecule has 82 valence electrons. The minimum Gasteiger partial charge on any atom is -0.393 e. The van der Waals surface area contributed by atoms with E-state index in [1.54, 1.807) is 13.0 Å². The molecule has 1 rings (SSSR count). The topological polar surface area (TPSA) is 63.4 Å². The molecule has 1 aromatic carbocycles. The van der Waals surface area contributed by atoms with E-state index in [2.05, 4.69) is 0 Å². The van der Waals surface area contributed by atoms with Gasteiger partial charge in [-0.25, -0.2) is 0 Å². The van der Waals surface area contributed by atoms with Gasteiger partial charge in [-0.05, 0) is 25.3 Å². The van der Waals surface area contributed by atoms with Crippen molar-refractivity contribution in [3.63, 3.8) is 0 Å². The molecule has 0 aliphatic rings. The van der Waals surface area contributed by atoms with E-state index in [1.165, 1.54) is 12.1 Å². The van der Waals surface area contributed by atoms with Crippen LogP contribution in [0.15, 0.2) is 18.2 Å². The number of aliphatic hydroxyl groups excluding tert-OH is 1. The smallest absolute Gasteiger partial charge is 0.270 e. The molecule has 0 saturated carbocycles. The number of rotatable bonds is 4. The van der Waals surface area contributed by atoms with Crippen LogP contribution in [-0.4, -0.2) is 16.1 Å². The lowest BCUT2D eigenvalue weighted by Crippen LogP contribution is -2.01. The molecule has 1 N–H and O–H groups in total. The van der Waals surface area contributed by atoms with Gasteiger partial charge in [0.25, 0.3) is 5.69 Å². The van der Waals surface area contributed by atoms with Gasteiger partial charge in [-0.3, -0.25) is 10.1 Å². The lowest BCUT2D eigenvalue weighted by molar-refractivity contribution is -0.384. The van der Waals surface area contributed by atoms with Crippen LogP contribution in [0.3, 0.4) is 0 Å². The summed E-state index contributed by atoms with van der Waals surface area (Å²) >= 11 is 5.87. The van der Waals surface area contributed by atoms with Crippen LogP contribution in [0.25, 0.3) is 0 Å². The summed E-state index contributed by atoms with van der Waals surface area (Å²) in [5.74, 6) is 0. The Balaban J connectivity index is 2.79. The van der Waals surface area contributed by atoms with Gasteiger partial charge in [0.1, 0.15) is 0 Å². The van der Waals surface area contributed by atoms with Crippen molar-refractivity contribution in [1.82, 2.24) is 0 Å². The Kier molecular flexibility index (Phi) is 4.05. The SMILES string of the molecule is CC(O)CCc1ccc([N+](=O)[O-])cc1Cl. The Morgan fingerprint density at radius 2 is 2.27 bits per heavy atom. The summed E-state index contributed by atoms with van der Waals surface area (Å²) in [6.45, 7) is 1.69. The van der Waals surface area contributed by atoms with Crippen molar-refractivity contribution in [1.29, 1.82) is 0 Å². The summed E-state index contributed by atoms with van der Waals surface area (Å²) in [7, 11) is 0. The minimum atomic E-state index is -0.482. The summed E-state index contributed by atoms with van der Waals surface area (Å²) in [5, 5.41) is 19.9. The maximum atomic E-state index is 10.4. The number of nitro groups is 1. The van der Waals surface area contributed by atoms with Gasteiger partial charge >= 0.3 is 0 Å². The Hall–Kier alpha value is -1.13. The molecule has 4 nitrogen and oxygen atoms in total. The molecule has 0 saturated heterocycles. The number of hydrogen-bond acceptors (Lipinski definition) is 3. The Morgan fingerprint density at radius 1 is 1.60 bits per heavy atom. The molecule has 15 heavy (non-hydrogen) atoms. The molecule has 0 amide bonds.